The highest BCUT2D eigenvalue weighted by Gasteiger charge is 2.11. The van der Waals surface area contributed by atoms with Crippen LogP contribution in [0.2, 0.25) is 0 Å². The normalized spacial score (nSPS) is 11.0. The number of benzene rings is 2. The first-order valence-electron chi connectivity index (χ1n) is 6.73. The number of furan rings is 1. The fourth-order valence-electron chi connectivity index (χ4n) is 2.43. The second-order valence-corrected chi connectivity index (χ2v) is 4.83. The van der Waals surface area contributed by atoms with Gasteiger partial charge in [-0.05, 0) is 37.4 Å². The van der Waals surface area contributed by atoms with Gasteiger partial charge in [0.1, 0.15) is 11.5 Å². The van der Waals surface area contributed by atoms with Crippen LogP contribution in [0.1, 0.15) is 5.56 Å². The number of halogens is 1. The molecule has 3 rings (SSSR count). The van der Waals surface area contributed by atoms with Gasteiger partial charge in [0.25, 0.3) is 0 Å². The van der Waals surface area contributed by atoms with E-state index in [0.717, 1.165) is 22.3 Å². The number of nitrogens with one attached hydrogen (secondary N) is 1. The summed E-state index contributed by atoms with van der Waals surface area (Å²) in [6, 6.07) is 12.6. The highest BCUT2D eigenvalue weighted by Crippen LogP contribution is 2.32. The molecule has 2 aromatic carbocycles. The molecule has 3 aromatic rings. The van der Waals surface area contributed by atoms with Gasteiger partial charge >= 0.3 is 0 Å². The quantitative estimate of drug-likeness (QED) is 0.787. The Balaban J connectivity index is 2.09. The molecule has 0 aliphatic rings. The van der Waals surface area contributed by atoms with Crippen molar-refractivity contribution in [3.05, 3.63) is 53.8 Å². The van der Waals surface area contributed by atoms with Crippen LogP contribution >= 0.6 is 0 Å². The zero-order chi connectivity index (χ0) is 14.8. The average molecular weight is 285 g/mol. The summed E-state index contributed by atoms with van der Waals surface area (Å²) in [5.41, 5.74) is 2.22. The summed E-state index contributed by atoms with van der Waals surface area (Å²) in [4.78, 5) is 0. The minimum atomic E-state index is -0.345. The molecule has 108 valence electrons. The van der Waals surface area contributed by atoms with E-state index in [1.54, 1.807) is 13.2 Å². The second kappa shape index (κ2) is 5.58. The van der Waals surface area contributed by atoms with Crippen molar-refractivity contribution >= 4 is 11.0 Å². The molecule has 0 spiro atoms. The number of rotatable bonds is 4. The van der Waals surface area contributed by atoms with E-state index >= 15 is 0 Å². The summed E-state index contributed by atoms with van der Waals surface area (Å²) >= 11 is 0. The Bertz CT molecular complexity index is 780. The summed E-state index contributed by atoms with van der Waals surface area (Å²) in [7, 11) is 3.52. The number of ether oxygens (including phenoxy) is 1. The minimum Gasteiger partial charge on any atom is -0.496 e. The van der Waals surface area contributed by atoms with Crippen LogP contribution in [0.4, 0.5) is 4.39 Å². The van der Waals surface area contributed by atoms with E-state index in [-0.39, 0.29) is 5.82 Å². The van der Waals surface area contributed by atoms with Crippen molar-refractivity contribution < 1.29 is 13.5 Å². The summed E-state index contributed by atoms with van der Waals surface area (Å²) < 4.78 is 24.7. The van der Waals surface area contributed by atoms with Crippen LogP contribution in [0.25, 0.3) is 22.3 Å². The Labute approximate surface area is 122 Å². The molecule has 1 aromatic heterocycles. The number of fused-ring (bicyclic) bond motifs is 1. The van der Waals surface area contributed by atoms with Gasteiger partial charge in [0.15, 0.2) is 11.4 Å². The van der Waals surface area contributed by atoms with Gasteiger partial charge in [0.2, 0.25) is 0 Å². The van der Waals surface area contributed by atoms with Gasteiger partial charge in [-0.1, -0.05) is 12.1 Å². The molecule has 0 radical (unpaired) electrons. The molecule has 4 heteroatoms. The maximum absolute atomic E-state index is 13.7. The van der Waals surface area contributed by atoms with Crippen molar-refractivity contribution in [2.45, 2.75) is 6.54 Å². The highest BCUT2D eigenvalue weighted by atomic mass is 19.1. The summed E-state index contributed by atoms with van der Waals surface area (Å²) in [6.45, 7) is 0.686. The molecule has 0 atom stereocenters. The summed E-state index contributed by atoms with van der Waals surface area (Å²) in [5, 5.41) is 3.86. The lowest BCUT2D eigenvalue weighted by atomic mass is 10.1. The lowest BCUT2D eigenvalue weighted by Crippen LogP contribution is -2.06. The van der Waals surface area contributed by atoms with E-state index in [4.69, 9.17) is 9.15 Å². The molecule has 3 nitrogen and oxygen atoms in total. The number of hydrogen-bond donors (Lipinski definition) is 1. The lowest BCUT2D eigenvalue weighted by Gasteiger charge is -2.09. The summed E-state index contributed by atoms with van der Waals surface area (Å²) in [6.07, 6.45) is 0. The van der Waals surface area contributed by atoms with Crippen molar-refractivity contribution in [1.82, 2.24) is 5.32 Å². The van der Waals surface area contributed by atoms with Gasteiger partial charge < -0.3 is 14.5 Å². The maximum Gasteiger partial charge on any atom is 0.170 e. The molecular weight excluding hydrogens is 269 g/mol. The van der Waals surface area contributed by atoms with Crippen LogP contribution in [0, 0.1) is 5.82 Å². The van der Waals surface area contributed by atoms with Gasteiger partial charge in [-0.25, -0.2) is 4.39 Å². The Hall–Kier alpha value is -2.33. The zero-order valence-electron chi connectivity index (χ0n) is 11.9. The van der Waals surface area contributed by atoms with Crippen LogP contribution in [-0.2, 0) is 6.54 Å². The van der Waals surface area contributed by atoms with Crippen LogP contribution in [0.3, 0.4) is 0 Å². The first kappa shape index (κ1) is 13.6. The molecule has 21 heavy (non-hydrogen) atoms. The number of hydrogen-bond acceptors (Lipinski definition) is 3. The second-order valence-electron chi connectivity index (χ2n) is 4.83. The van der Waals surface area contributed by atoms with E-state index in [1.165, 1.54) is 6.07 Å². The van der Waals surface area contributed by atoms with Crippen molar-refractivity contribution in [2.24, 2.45) is 0 Å². The molecule has 0 unspecified atom stereocenters. The molecular formula is C17H16FNO2. The SMILES string of the molecule is CNCc1cc(-c2cc3cccc(F)c3o2)ccc1OC. The largest absolute Gasteiger partial charge is 0.496 e. The standard InChI is InChI=1S/C17H16FNO2/c1-19-10-13-8-11(6-7-15(13)20-2)16-9-12-4-3-5-14(18)17(12)21-16/h3-9,19H,10H2,1-2H3. The van der Waals surface area contributed by atoms with Gasteiger partial charge in [0, 0.05) is 23.1 Å². The van der Waals surface area contributed by atoms with Crippen molar-refractivity contribution in [3.63, 3.8) is 0 Å². The first-order valence-corrected chi connectivity index (χ1v) is 6.73. The van der Waals surface area contributed by atoms with Crippen LogP contribution in [0.5, 0.6) is 5.75 Å². The molecule has 0 saturated heterocycles. The Morgan fingerprint density at radius 3 is 2.76 bits per heavy atom. The van der Waals surface area contributed by atoms with Gasteiger partial charge in [0.05, 0.1) is 7.11 Å². The van der Waals surface area contributed by atoms with Gasteiger partial charge in [-0.15, -0.1) is 0 Å². The van der Waals surface area contributed by atoms with Crippen molar-refractivity contribution in [1.29, 1.82) is 0 Å². The van der Waals surface area contributed by atoms with Crippen molar-refractivity contribution in [3.8, 4) is 17.1 Å². The molecule has 0 saturated carbocycles. The van der Waals surface area contributed by atoms with E-state index in [2.05, 4.69) is 5.32 Å². The number of methoxy groups -OCH3 is 1. The predicted octanol–water partition coefficient (Wildman–Crippen LogP) is 3.97. The molecule has 0 aliphatic carbocycles. The van der Waals surface area contributed by atoms with E-state index < -0.39 is 0 Å². The predicted molar refractivity (Wildman–Crippen MR) is 80.9 cm³/mol. The van der Waals surface area contributed by atoms with Crippen LogP contribution in [0.15, 0.2) is 46.9 Å². The molecule has 1 N–H and O–H groups in total. The van der Waals surface area contributed by atoms with Crippen LogP contribution < -0.4 is 10.1 Å². The van der Waals surface area contributed by atoms with Gasteiger partial charge in [-0.3, -0.25) is 0 Å². The van der Waals surface area contributed by atoms with E-state index in [1.807, 2.05) is 37.4 Å². The molecule has 0 fully saturated rings. The van der Waals surface area contributed by atoms with E-state index in [0.29, 0.717) is 17.9 Å². The average Bonchev–Trinajstić information content (AvgIpc) is 2.93. The van der Waals surface area contributed by atoms with Crippen LogP contribution in [-0.4, -0.2) is 14.2 Å². The lowest BCUT2D eigenvalue weighted by molar-refractivity contribution is 0.408. The highest BCUT2D eigenvalue weighted by molar-refractivity contribution is 5.83. The monoisotopic (exact) mass is 285 g/mol. The van der Waals surface area contributed by atoms with Crippen molar-refractivity contribution in [2.75, 3.05) is 14.2 Å². The first-order chi connectivity index (χ1) is 10.2. The number of para-hydroxylation sites is 1. The maximum atomic E-state index is 13.7. The molecule has 0 amide bonds. The smallest absolute Gasteiger partial charge is 0.170 e. The van der Waals surface area contributed by atoms with Gasteiger partial charge in [-0.2, -0.15) is 0 Å². The Morgan fingerprint density at radius 1 is 1.19 bits per heavy atom. The third-order valence-corrected chi connectivity index (χ3v) is 3.43. The fraction of sp³-hybridized carbons (Fsp3) is 0.176. The summed E-state index contributed by atoms with van der Waals surface area (Å²) in [5.74, 6) is 1.12. The zero-order valence-corrected chi connectivity index (χ0v) is 11.9. The third kappa shape index (κ3) is 2.50. The third-order valence-electron chi connectivity index (χ3n) is 3.43. The fourth-order valence-corrected chi connectivity index (χ4v) is 2.43. The topological polar surface area (TPSA) is 34.4 Å². The molecule has 0 bridgehead atoms. The minimum absolute atomic E-state index is 0.290. The Kier molecular flexibility index (Phi) is 3.62. The molecule has 1 heterocycles. The van der Waals surface area contributed by atoms with E-state index in [9.17, 15) is 4.39 Å². The molecule has 0 aliphatic heterocycles. The Morgan fingerprint density at radius 2 is 2.05 bits per heavy atom.